The van der Waals surface area contributed by atoms with Crippen LogP contribution in [0.5, 0.6) is 0 Å². The molecule has 0 atom stereocenters. The smallest absolute Gasteiger partial charge is 0.172 e. The van der Waals surface area contributed by atoms with Crippen molar-refractivity contribution in [2.75, 3.05) is 19.0 Å². The van der Waals surface area contributed by atoms with E-state index in [0.29, 0.717) is 5.57 Å². The van der Waals surface area contributed by atoms with E-state index in [2.05, 4.69) is 192 Å². The third kappa shape index (κ3) is 12.3. The number of benzene rings is 5. The van der Waals surface area contributed by atoms with Crippen LogP contribution in [-0.2, 0) is 41.3 Å². The van der Waals surface area contributed by atoms with Crippen molar-refractivity contribution in [2.45, 2.75) is 186 Å². The number of aryl methyl sites for hydroxylation is 4. The summed E-state index contributed by atoms with van der Waals surface area (Å²) in [6, 6.07) is 59.8. The molecular formula is C84H88N4OS4. The second kappa shape index (κ2) is 28.6. The van der Waals surface area contributed by atoms with Crippen molar-refractivity contribution in [3.8, 4) is 48.2 Å². The average Bonchev–Trinajstić information content (AvgIpc) is 1.48. The summed E-state index contributed by atoms with van der Waals surface area (Å²) < 4.78 is 9.03. The third-order valence-corrected chi connectivity index (χ3v) is 25.1. The molecule has 0 saturated carbocycles. The number of nitriles is 3. The van der Waals surface area contributed by atoms with E-state index >= 15 is 0 Å². The number of unbranched alkanes of at least 4 members (excludes halogenated alkanes) is 12. The predicted octanol–water partition coefficient (Wildman–Crippen LogP) is 24.0. The normalized spacial score (nSPS) is 14.7. The van der Waals surface area contributed by atoms with Gasteiger partial charge in [-0.05, 0) is 157 Å². The van der Waals surface area contributed by atoms with Gasteiger partial charge >= 0.3 is 0 Å². The lowest BCUT2D eigenvalue weighted by Crippen LogP contribution is -2.29. The molecule has 3 aliphatic rings. The van der Waals surface area contributed by atoms with Gasteiger partial charge in [0.25, 0.3) is 0 Å². The molecule has 2 aliphatic carbocycles. The summed E-state index contributed by atoms with van der Waals surface area (Å²) in [4.78, 5) is 9.88. The van der Waals surface area contributed by atoms with Crippen molar-refractivity contribution >= 4 is 66.5 Å². The minimum Gasteiger partial charge on any atom is -0.480 e. The number of allylic oxidation sites excluding steroid dienone is 2. The van der Waals surface area contributed by atoms with Crippen LogP contribution in [0.15, 0.2) is 162 Å². The van der Waals surface area contributed by atoms with Crippen LogP contribution in [0.25, 0.3) is 45.4 Å². The third-order valence-electron chi connectivity index (χ3n) is 19.9. The number of anilines is 1. The molecular weight excluding hydrogens is 1210 g/mol. The SMILES string of the molecule is CCCCCCc1ccc(C2(c3ccc(CCCCCC)cc3)c3cc(/C=C/C4=C(C#N)C(=C(C#N)C#N)OC4(C)C)sc3-c3sc4c5c(sc4c32)-c2sc(-c3ccc(N(C)C)cc3)cc2C5(c2ccc(CCCCCC)cc2)c2ccc(CCCCCC)cc2)cc1. The van der Waals surface area contributed by atoms with E-state index in [0.717, 1.165) is 30.6 Å². The fourth-order valence-electron chi connectivity index (χ4n) is 14.9. The molecule has 9 aromatic rings. The van der Waals surface area contributed by atoms with E-state index in [9.17, 15) is 15.8 Å². The van der Waals surface area contributed by atoms with E-state index < -0.39 is 16.4 Å². The average molecular weight is 1300 g/mol. The lowest BCUT2D eigenvalue weighted by Gasteiger charge is -2.34. The van der Waals surface area contributed by atoms with Crippen molar-refractivity contribution in [3.05, 3.63) is 234 Å². The predicted molar refractivity (Wildman–Crippen MR) is 396 cm³/mol. The van der Waals surface area contributed by atoms with Crippen LogP contribution in [0.2, 0.25) is 0 Å². The summed E-state index contributed by atoms with van der Waals surface area (Å²) in [6.07, 6.45) is 28.0. The molecule has 0 fully saturated rings. The fourth-order valence-corrected chi connectivity index (χ4v) is 20.7. The first kappa shape index (κ1) is 65.5. The lowest BCUT2D eigenvalue weighted by atomic mass is 9.67. The Labute approximate surface area is 570 Å². The highest BCUT2D eigenvalue weighted by Crippen LogP contribution is 2.70. The van der Waals surface area contributed by atoms with Crippen LogP contribution >= 0.6 is 45.3 Å². The Hall–Kier alpha value is -7.55. The molecule has 0 radical (unpaired) electrons. The van der Waals surface area contributed by atoms with E-state index in [1.54, 1.807) is 0 Å². The number of nitrogens with zero attached hydrogens (tertiary/aromatic N) is 4. The van der Waals surface area contributed by atoms with Crippen molar-refractivity contribution in [1.82, 2.24) is 0 Å². The maximum Gasteiger partial charge on any atom is 0.172 e. The van der Waals surface area contributed by atoms with Gasteiger partial charge in [0, 0.05) is 46.2 Å². The molecule has 0 unspecified atom stereocenters. The second-order valence-electron chi connectivity index (χ2n) is 26.8. The largest absolute Gasteiger partial charge is 0.480 e. The molecule has 9 heteroatoms. The maximum atomic E-state index is 10.7. The Bertz CT molecular complexity index is 4240. The molecule has 0 spiro atoms. The van der Waals surface area contributed by atoms with Crippen molar-refractivity contribution < 1.29 is 4.74 Å². The monoisotopic (exact) mass is 1300 g/mol. The molecule has 5 aromatic carbocycles. The highest BCUT2D eigenvalue weighted by molar-refractivity contribution is 7.35. The van der Waals surface area contributed by atoms with Gasteiger partial charge in [-0.25, -0.2) is 0 Å². The molecule has 1 aliphatic heterocycles. The first-order valence-corrected chi connectivity index (χ1v) is 37.8. The summed E-state index contributed by atoms with van der Waals surface area (Å²) >= 11 is 7.83. The molecule has 93 heavy (non-hydrogen) atoms. The van der Waals surface area contributed by atoms with E-state index in [4.69, 9.17) is 4.74 Å². The van der Waals surface area contributed by atoms with Crippen molar-refractivity contribution in [2.24, 2.45) is 0 Å². The van der Waals surface area contributed by atoms with Gasteiger partial charge in [0.2, 0.25) is 0 Å². The minimum absolute atomic E-state index is 0.0512. The highest BCUT2D eigenvalue weighted by Gasteiger charge is 2.55. The Morgan fingerprint density at radius 1 is 0.462 bits per heavy atom. The van der Waals surface area contributed by atoms with E-state index in [-0.39, 0.29) is 16.9 Å². The van der Waals surface area contributed by atoms with Crippen LogP contribution < -0.4 is 4.90 Å². The number of thiophene rings is 4. The summed E-state index contributed by atoms with van der Waals surface area (Å²) in [5.41, 5.74) is 17.0. The zero-order chi connectivity index (χ0) is 64.9. The van der Waals surface area contributed by atoms with Crippen LogP contribution in [0.3, 0.4) is 0 Å². The summed E-state index contributed by atoms with van der Waals surface area (Å²) in [7, 11) is 4.24. The number of hydrogen-bond donors (Lipinski definition) is 0. The zero-order valence-corrected chi connectivity index (χ0v) is 59.1. The van der Waals surface area contributed by atoms with Gasteiger partial charge < -0.3 is 9.64 Å². The van der Waals surface area contributed by atoms with Crippen LogP contribution in [-0.4, -0.2) is 19.7 Å². The van der Waals surface area contributed by atoms with E-state index in [1.165, 1.54) is 215 Å². The first-order valence-electron chi connectivity index (χ1n) is 34.5. The molecule has 0 amide bonds. The van der Waals surface area contributed by atoms with Gasteiger partial charge in [-0.2, -0.15) is 15.8 Å². The molecule has 0 bridgehead atoms. The van der Waals surface area contributed by atoms with Crippen molar-refractivity contribution in [1.29, 1.82) is 15.8 Å². The Balaban J connectivity index is 1.14. The number of fused-ring (bicyclic) bond motifs is 9. The zero-order valence-electron chi connectivity index (χ0n) is 55.8. The topological polar surface area (TPSA) is 83.8 Å². The van der Waals surface area contributed by atoms with Gasteiger partial charge in [0.1, 0.15) is 29.4 Å². The highest BCUT2D eigenvalue weighted by atomic mass is 32.1. The fraction of sp³-hybridized carbons (Fsp3) is 0.369. The maximum absolute atomic E-state index is 10.7. The molecule has 5 nitrogen and oxygen atoms in total. The molecule has 5 heterocycles. The molecule has 12 rings (SSSR count). The number of ether oxygens (including phenoxy) is 1. The van der Waals surface area contributed by atoms with Gasteiger partial charge in [0.15, 0.2) is 11.3 Å². The summed E-state index contributed by atoms with van der Waals surface area (Å²) in [5, 5.41) is 30.6. The van der Waals surface area contributed by atoms with Gasteiger partial charge in [-0.15, -0.1) is 45.3 Å². The molecule has 4 aromatic heterocycles. The van der Waals surface area contributed by atoms with Crippen LogP contribution in [0.4, 0.5) is 5.69 Å². The number of hydrogen-bond acceptors (Lipinski definition) is 9. The molecule has 0 N–H and O–H groups in total. The van der Waals surface area contributed by atoms with Crippen LogP contribution in [0.1, 0.15) is 216 Å². The van der Waals surface area contributed by atoms with Crippen molar-refractivity contribution in [3.63, 3.8) is 0 Å². The standard InChI is InChI=1S/C84H88N4OS4/c1-9-13-17-21-25-56-29-39-62(40-30-56)83(63-41-31-57(32-42-63)26-22-18-14-10-2)70-51-67(49-50-69-68(55-87)75(61(53-85)54-86)89-82(69,5)6)90-76(70)78-73(83)80-81(92-78)74-79(93-80)77-71(52-72(91-77)60-37-47-66(48-38-60)88(7)8)84(74,64-43-33-58(34-44-64)27-23-19-15-11-3)65-45-35-59(36-46-65)28-24-20-16-12-4/h29-52H,9-28H2,1-8H3/b50-49+. The Morgan fingerprint density at radius 3 is 1.24 bits per heavy atom. The quantitative estimate of drug-likeness (QED) is 0.0360. The second-order valence-corrected chi connectivity index (χ2v) is 30.9. The Kier molecular flexibility index (Phi) is 20.1. The summed E-state index contributed by atoms with van der Waals surface area (Å²) in [5.74, 6) is 0.0512. The van der Waals surface area contributed by atoms with Crippen LogP contribution in [0, 0.1) is 34.0 Å². The van der Waals surface area contributed by atoms with Gasteiger partial charge in [0.05, 0.1) is 39.7 Å². The van der Waals surface area contributed by atoms with Gasteiger partial charge in [-0.1, -0.05) is 220 Å². The van der Waals surface area contributed by atoms with E-state index in [1.807, 2.05) is 77.4 Å². The lowest BCUT2D eigenvalue weighted by molar-refractivity contribution is 0.0954. The molecule has 0 saturated heterocycles. The number of rotatable bonds is 28. The molecule has 474 valence electrons. The van der Waals surface area contributed by atoms with Gasteiger partial charge in [-0.3, -0.25) is 0 Å². The summed E-state index contributed by atoms with van der Waals surface area (Å²) in [6.45, 7) is 13.0. The Morgan fingerprint density at radius 2 is 0.860 bits per heavy atom. The first-order chi connectivity index (χ1) is 45.4. The minimum atomic E-state index is -0.947.